The van der Waals surface area contributed by atoms with Crippen molar-refractivity contribution < 1.29 is 14.3 Å². The van der Waals surface area contributed by atoms with Crippen LogP contribution in [0.1, 0.15) is 22.8 Å². The lowest BCUT2D eigenvalue weighted by molar-refractivity contribution is -0.107. The summed E-state index contributed by atoms with van der Waals surface area (Å²) in [6.07, 6.45) is 1.12. The second kappa shape index (κ2) is 6.66. The Kier molecular flexibility index (Phi) is 4.66. The van der Waals surface area contributed by atoms with Crippen molar-refractivity contribution in [2.24, 2.45) is 0 Å². The fourth-order valence-corrected chi connectivity index (χ4v) is 2.09. The van der Waals surface area contributed by atoms with E-state index in [0.29, 0.717) is 12.2 Å². The highest BCUT2D eigenvalue weighted by molar-refractivity contribution is 5.91. The van der Waals surface area contributed by atoms with Crippen molar-refractivity contribution in [1.29, 1.82) is 0 Å². The summed E-state index contributed by atoms with van der Waals surface area (Å²) in [5.74, 6) is -0.362. The van der Waals surface area contributed by atoms with E-state index >= 15 is 0 Å². The van der Waals surface area contributed by atoms with Gasteiger partial charge in [0.05, 0.1) is 12.2 Å². The second-order valence-electron chi connectivity index (χ2n) is 4.33. The van der Waals surface area contributed by atoms with Gasteiger partial charge in [-0.15, -0.1) is 0 Å². The Morgan fingerprint density at radius 1 is 1.15 bits per heavy atom. The SMILES string of the molecule is CCOC(=O)c1ccc(-c2ccccc2)c(CC=O)c1. The fraction of sp³-hybridized carbons (Fsp3) is 0.176. The van der Waals surface area contributed by atoms with Crippen molar-refractivity contribution in [2.75, 3.05) is 6.61 Å². The van der Waals surface area contributed by atoms with Gasteiger partial charge in [0, 0.05) is 6.42 Å². The van der Waals surface area contributed by atoms with E-state index in [0.717, 1.165) is 23.0 Å². The summed E-state index contributed by atoms with van der Waals surface area (Å²) < 4.78 is 4.98. The number of aldehydes is 1. The van der Waals surface area contributed by atoms with Gasteiger partial charge in [0.15, 0.2) is 0 Å². The minimum Gasteiger partial charge on any atom is -0.462 e. The van der Waals surface area contributed by atoms with E-state index < -0.39 is 0 Å². The Hall–Kier alpha value is -2.42. The standard InChI is InChI=1S/C17H16O3/c1-2-20-17(19)15-8-9-16(14(12-15)10-11-18)13-6-4-3-5-7-13/h3-9,11-12H,2,10H2,1H3. The number of carbonyl (C=O) groups excluding carboxylic acids is 2. The molecule has 0 aliphatic heterocycles. The molecule has 2 aromatic carbocycles. The number of ether oxygens (including phenoxy) is 1. The maximum Gasteiger partial charge on any atom is 0.338 e. The zero-order chi connectivity index (χ0) is 14.4. The molecule has 2 aromatic rings. The first kappa shape index (κ1) is 14.0. The molecule has 0 aliphatic carbocycles. The molecule has 0 amide bonds. The molecular weight excluding hydrogens is 252 g/mol. The van der Waals surface area contributed by atoms with Crippen molar-refractivity contribution in [2.45, 2.75) is 13.3 Å². The topological polar surface area (TPSA) is 43.4 Å². The number of hydrogen-bond donors (Lipinski definition) is 0. The molecule has 0 atom stereocenters. The third-order valence-electron chi connectivity index (χ3n) is 3.00. The summed E-state index contributed by atoms with van der Waals surface area (Å²) in [4.78, 5) is 22.6. The summed E-state index contributed by atoms with van der Waals surface area (Å²) in [5, 5.41) is 0. The Bertz CT molecular complexity index is 603. The van der Waals surface area contributed by atoms with Crippen LogP contribution in [0, 0.1) is 0 Å². The first-order chi connectivity index (χ1) is 9.76. The molecule has 0 bridgehead atoms. The van der Waals surface area contributed by atoms with Gasteiger partial charge in [-0.1, -0.05) is 36.4 Å². The Morgan fingerprint density at radius 3 is 2.55 bits per heavy atom. The molecule has 0 fully saturated rings. The second-order valence-corrected chi connectivity index (χ2v) is 4.33. The molecule has 2 rings (SSSR count). The van der Waals surface area contributed by atoms with Crippen molar-refractivity contribution in [3.05, 3.63) is 59.7 Å². The lowest BCUT2D eigenvalue weighted by Crippen LogP contribution is -2.06. The highest BCUT2D eigenvalue weighted by Crippen LogP contribution is 2.25. The van der Waals surface area contributed by atoms with E-state index in [4.69, 9.17) is 4.74 Å². The lowest BCUT2D eigenvalue weighted by atomic mass is 9.96. The number of esters is 1. The summed E-state index contributed by atoms with van der Waals surface area (Å²) in [5.41, 5.74) is 3.30. The number of hydrogen-bond acceptors (Lipinski definition) is 3. The van der Waals surface area contributed by atoms with Gasteiger partial charge in [-0.2, -0.15) is 0 Å². The fourth-order valence-electron chi connectivity index (χ4n) is 2.09. The normalized spacial score (nSPS) is 10.1. The Balaban J connectivity index is 2.43. The van der Waals surface area contributed by atoms with Gasteiger partial charge in [0.25, 0.3) is 0 Å². The van der Waals surface area contributed by atoms with Crippen LogP contribution < -0.4 is 0 Å². The van der Waals surface area contributed by atoms with E-state index in [1.54, 1.807) is 19.1 Å². The molecule has 0 aromatic heterocycles. The molecular formula is C17H16O3. The Labute approximate surface area is 118 Å². The molecule has 3 heteroatoms. The lowest BCUT2D eigenvalue weighted by Gasteiger charge is -2.10. The zero-order valence-corrected chi connectivity index (χ0v) is 11.3. The van der Waals surface area contributed by atoms with Crippen molar-refractivity contribution in [3.8, 4) is 11.1 Å². The van der Waals surface area contributed by atoms with Crippen LogP contribution in [0.5, 0.6) is 0 Å². The number of carbonyl (C=O) groups is 2. The van der Waals surface area contributed by atoms with E-state index in [9.17, 15) is 9.59 Å². The molecule has 0 saturated carbocycles. The average Bonchev–Trinajstić information content (AvgIpc) is 2.49. The van der Waals surface area contributed by atoms with Crippen LogP contribution in [-0.2, 0) is 16.0 Å². The van der Waals surface area contributed by atoms with Gasteiger partial charge in [0.1, 0.15) is 6.29 Å². The Morgan fingerprint density at radius 2 is 1.90 bits per heavy atom. The van der Waals surface area contributed by atoms with E-state index in [1.165, 1.54) is 0 Å². The summed E-state index contributed by atoms with van der Waals surface area (Å²) >= 11 is 0. The van der Waals surface area contributed by atoms with Crippen LogP contribution in [0.25, 0.3) is 11.1 Å². The highest BCUT2D eigenvalue weighted by atomic mass is 16.5. The summed E-state index contributed by atoms with van der Waals surface area (Å²) in [6, 6.07) is 15.1. The maximum atomic E-state index is 11.7. The van der Waals surface area contributed by atoms with Gasteiger partial charge in [-0.3, -0.25) is 0 Å². The number of rotatable bonds is 5. The monoisotopic (exact) mass is 268 g/mol. The first-order valence-electron chi connectivity index (χ1n) is 6.55. The van der Waals surface area contributed by atoms with Crippen molar-refractivity contribution in [1.82, 2.24) is 0 Å². The van der Waals surface area contributed by atoms with E-state index in [-0.39, 0.29) is 12.4 Å². The van der Waals surface area contributed by atoms with Crippen molar-refractivity contribution >= 4 is 12.3 Å². The molecule has 102 valence electrons. The minimum atomic E-state index is -0.362. The van der Waals surface area contributed by atoms with Crippen LogP contribution in [0.3, 0.4) is 0 Å². The molecule has 0 saturated heterocycles. The van der Waals surface area contributed by atoms with Crippen LogP contribution in [0.4, 0.5) is 0 Å². The summed E-state index contributed by atoms with van der Waals surface area (Å²) in [7, 11) is 0. The molecule has 20 heavy (non-hydrogen) atoms. The highest BCUT2D eigenvalue weighted by Gasteiger charge is 2.11. The molecule has 0 unspecified atom stereocenters. The molecule has 0 aliphatic rings. The predicted molar refractivity (Wildman–Crippen MR) is 77.6 cm³/mol. The zero-order valence-electron chi connectivity index (χ0n) is 11.3. The smallest absolute Gasteiger partial charge is 0.338 e. The predicted octanol–water partition coefficient (Wildman–Crippen LogP) is 3.27. The number of benzene rings is 2. The molecule has 0 heterocycles. The van der Waals surface area contributed by atoms with Gasteiger partial charge < -0.3 is 9.53 Å². The molecule has 3 nitrogen and oxygen atoms in total. The summed E-state index contributed by atoms with van der Waals surface area (Å²) in [6.45, 7) is 2.10. The third-order valence-corrected chi connectivity index (χ3v) is 3.00. The molecule has 0 radical (unpaired) electrons. The van der Waals surface area contributed by atoms with Crippen LogP contribution >= 0.6 is 0 Å². The van der Waals surface area contributed by atoms with E-state index in [2.05, 4.69) is 0 Å². The van der Waals surface area contributed by atoms with Gasteiger partial charge in [-0.25, -0.2) is 4.79 Å². The van der Waals surface area contributed by atoms with Crippen molar-refractivity contribution in [3.63, 3.8) is 0 Å². The van der Waals surface area contributed by atoms with E-state index in [1.807, 2.05) is 36.4 Å². The minimum absolute atomic E-state index is 0.275. The third kappa shape index (κ3) is 3.12. The first-order valence-corrected chi connectivity index (χ1v) is 6.55. The molecule has 0 N–H and O–H groups in total. The molecule has 0 spiro atoms. The van der Waals surface area contributed by atoms with Gasteiger partial charge in [0.2, 0.25) is 0 Å². The average molecular weight is 268 g/mol. The van der Waals surface area contributed by atoms with Gasteiger partial charge in [-0.05, 0) is 35.7 Å². The quantitative estimate of drug-likeness (QED) is 0.617. The van der Waals surface area contributed by atoms with Crippen LogP contribution in [0.2, 0.25) is 0 Å². The van der Waals surface area contributed by atoms with Gasteiger partial charge >= 0.3 is 5.97 Å². The van der Waals surface area contributed by atoms with Crippen LogP contribution in [-0.4, -0.2) is 18.9 Å². The largest absolute Gasteiger partial charge is 0.462 e. The maximum absolute atomic E-state index is 11.7. The van der Waals surface area contributed by atoms with Crippen LogP contribution in [0.15, 0.2) is 48.5 Å².